The van der Waals surface area contributed by atoms with Crippen LogP contribution >= 0.6 is 0 Å². The molecule has 0 aliphatic carbocycles. The molecule has 190 valence electrons. The number of benzene rings is 4. The Kier molecular flexibility index (Phi) is 5.39. The Morgan fingerprint density at radius 3 is 1.76 bits per heavy atom. The van der Waals surface area contributed by atoms with Crippen molar-refractivity contribution in [1.29, 1.82) is 0 Å². The highest BCUT2D eigenvalue weighted by Crippen LogP contribution is 2.38. The average molecular weight is 498 g/mol. The van der Waals surface area contributed by atoms with Gasteiger partial charge in [0.25, 0.3) is 0 Å². The van der Waals surface area contributed by atoms with Gasteiger partial charge in [-0.15, -0.1) is 0 Å². The van der Waals surface area contributed by atoms with Gasteiger partial charge in [0, 0.05) is 27.4 Å². The SMILES string of the molecule is CC(C)(C)c1ccc2c(c1)c1cc(C(C)(C)C)ccc1n2-c1ccc(-c2ccc3cccc(N)c3n2)cc1. The molecule has 3 nitrogen and oxygen atoms in total. The fourth-order valence-corrected chi connectivity index (χ4v) is 5.35. The molecule has 0 atom stereocenters. The van der Waals surface area contributed by atoms with Crippen molar-refractivity contribution < 1.29 is 0 Å². The molecule has 2 N–H and O–H groups in total. The minimum absolute atomic E-state index is 0.0855. The van der Waals surface area contributed by atoms with Crippen molar-refractivity contribution in [3.63, 3.8) is 0 Å². The van der Waals surface area contributed by atoms with Crippen LogP contribution in [-0.4, -0.2) is 9.55 Å². The van der Waals surface area contributed by atoms with E-state index in [1.165, 1.54) is 32.9 Å². The fourth-order valence-electron chi connectivity index (χ4n) is 5.35. The molecule has 2 aromatic heterocycles. The van der Waals surface area contributed by atoms with Crippen LogP contribution in [0.5, 0.6) is 0 Å². The second-order valence-corrected chi connectivity index (χ2v) is 12.5. The predicted octanol–water partition coefficient (Wildman–Crippen LogP) is 9.18. The summed E-state index contributed by atoms with van der Waals surface area (Å²) >= 11 is 0. The van der Waals surface area contributed by atoms with Gasteiger partial charge in [-0.25, -0.2) is 4.98 Å². The Morgan fingerprint density at radius 1 is 0.632 bits per heavy atom. The summed E-state index contributed by atoms with van der Waals surface area (Å²) in [5.41, 5.74) is 16.2. The van der Waals surface area contributed by atoms with E-state index >= 15 is 0 Å². The highest BCUT2D eigenvalue weighted by atomic mass is 15.0. The molecular formula is C35H35N3. The van der Waals surface area contributed by atoms with Gasteiger partial charge in [0.2, 0.25) is 0 Å². The van der Waals surface area contributed by atoms with E-state index in [1.54, 1.807) is 0 Å². The first-order valence-electron chi connectivity index (χ1n) is 13.4. The van der Waals surface area contributed by atoms with E-state index in [9.17, 15) is 0 Å². The zero-order chi connectivity index (χ0) is 26.8. The summed E-state index contributed by atoms with van der Waals surface area (Å²) in [6, 6.07) is 32.7. The minimum atomic E-state index is 0.0855. The topological polar surface area (TPSA) is 43.8 Å². The monoisotopic (exact) mass is 497 g/mol. The maximum Gasteiger partial charge on any atom is 0.0938 e. The van der Waals surface area contributed by atoms with Crippen molar-refractivity contribution in [3.05, 3.63) is 102 Å². The van der Waals surface area contributed by atoms with Crippen molar-refractivity contribution in [1.82, 2.24) is 9.55 Å². The van der Waals surface area contributed by atoms with E-state index in [-0.39, 0.29) is 10.8 Å². The summed E-state index contributed by atoms with van der Waals surface area (Å²) in [7, 11) is 0. The quantitative estimate of drug-likeness (QED) is 0.242. The largest absolute Gasteiger partial charge is 0.397 e. The number of hydrogen-bond acceptors (Lipinski definition) is 2. The number of fused-ring (bicyclic) bond motifs is 4. The molecular weight excluding hydrogens is 462 g/mol. The maximum absolute atomic E-state index is 6.21. The number of nitrogen functional groups attached to an aromatic ring is 1. The first kappa shape index (κ1) is 24.2. The molecule has 0 aliphatic heterocycles. The lowest BCUT2D eigenvalue weighted by Crippen LogP contribution is -2.10. The number of hydrogen-bond donors (Lipinski definition) is 1. The molecule has 6 rings (SSSR count). The molecule has 0 radical (unpaired) electrons. The van der Waals surface area contributed by atoms with E-state index in [1.807, 2.05) is 18.2 Å². The molecule has 3 heteroatoms. The average Bonchev–Trinajstić information content (AvgIpc) is 3.21. The molecule has 38 heavy (non-hydrogen) atoms. The summed E-state index contributed by atoms with van der Waals surface area (Å²) in [4.78, 5) is 4.87. The van der Waals surface area contributed by atoms with Crippen molar-refractivity contribution in [2.75, 3.05) is 5.73 Å². The number of rotatable bonds is 2. The lowest BCUT2D eigenvalue weighted by Gasteiger charge is -2.19. The Balaban J connectivity index is 1.52. The Morgan fingerprint density at radius 2 is 1.21 bits per heavy atom. The molecule has 4 aromatic carbocycles. The highest BCUT2D eigenvalue weighted by Gasteiger charge is 2.20. The standard InChI is InChI=1S/C35H35N3/c1-34(2,3)24-13-18-31-27(20-24)28-21-25(35(4,5)6)14-19-32(28)38(31)26-15-10-22(11-16-26)30-17-12-23-8-7-9-29(36)33(23)37-30/h7-21H,36H2,1-6H3. The zero-order valence-electron chi connectivity index (χ0n) is 23.1. The third-order valence-electron chi connectivity index (χ3n) is 7.67. The molecule has 0 saturated heterocycles. The van der Waals surface area contributed by atoms with Crippen molar-refractivity contribution >= 4 is 38.4 Å². The smallest absolute Gasteiger partial charge is 0.0938 e. The number of para-hydroxylation sites is 1. The molecule has 2 heterocycles. The second kappa shape index (κ2) is 8.46. The predicted molar refractivity (Wildman–Crippen MR) is 163 cm³/mol. The van der Waals surface area contributed by atoms with Crippen LogP contribution in [0.2, 0.25) is 0 Å². The first-order valence-corrected chi connectivity index (χ1v) is 13.4. The third kappa shape index (κ3) is 4.03. The maximum atomic E-state index is 6.21. The summed E-state index contributed by atoms with van der Waals surface area (Å²) in [5, 5.41) is 3.66. The van der Waals surface area contributed by atoms with Crippen molar-refractivity contribution in [2.24, 2.45) is 0 Å². The molecule has 0 spiro atoms. The van der Waals surface area contributed by atoms with Gasteiger partial charge in [0.15, 0.2) is 0 Å². The Bertz CT molecular complexity index is 1750. The first-order chi connectivity index (χ1) is 18.0. The molecule has 0 bridgehead atoms. The zero-order valence-corrected chi connectivity index (χ0v) is 23.1. The molecule has 0 saturated carbocycles. The van der Waals surface area contributed by atoms with E-state index in [2.05, 4.69) is 119 Å². The van der Waals surface area contributed by atoms with Crippen LogP contribution in [0.4, 0.5) is 5.69 Å². The summed E-state index contributed by atoms with van der Waals surface area (Å²) in [5.74, 6) is 0. The van der Waals surface area contributed by atoms with Gasteiger partial charge in [0.05, 0.1) is 27.9 Å². The summed E-state index contributed by atoms with van der Waals surface area (Å²) in [6.45, 7) is 13.7. The number of aromatic nitrogens is 2. The van der Waals surface area contributed by atoms with Crippen LogP contribution in [0.3, 0.4) is 0 Å². The van der Waals surface area contributed by atoms with Crippen molar-refractivity contribution in [2.45, 2.75) is 52.4 Å². The van der Waals surface area contributed by atoms with Crippen LogP contribution in [0.25, 0.3) is 49.7 Å². The normalized spacial score (nSPS) is 12.6. The van der Waals surface area contributed by atoms with E-state index < -0.39 is 0 Å². The summed E-state index contributed by atoms with van der Waals surface area (Å²) < 4.78 is 2.39. The molecule has 0 unspecified atom stereocenters. The lowest BCUT2D eigenvalue weighted by atomic mass is 9.85. The van der Waals surface area contributed by atoms with Gasteiger partial charge in [-0.1, -0.05) is 84.0 Å². The summed E-state index contributed by atoms with van der Waals surface area (Å²) in [6.07, 6.45) is 0. The minimum Gasteiger partial charge on any atom is -0.397 e. The lowest BCUT2D eigenvalue weighted by molar-refractivity contribution is 0.590. The number of pyridine rings is 1. The number of nitrogens with zero attached hydrogens (tertiary/aromatic N) is 2. The van der Waals surface area contributed by atoms with Gasteiger partial charge in [-0.2, -0.15) is 0 Å². The second-order valence-electron chi connectivity index (χ2n) is 12.5. The molecule has 6 aromatic rings. The Hall–Kier alpha value is -4.11. The van der Waals surface area contributed by atoms with Gasteiger partial charge < -0.3 is 10.3 Å². The van der Waals surface area contributed by atoms with Gasteiger partial charge >= 0.3 is 0 Å². The Labute approximate surface area is 224 Å². The van der Waals surface area contributed by atoms with Crippen LogP contribution in [0.1, 0.15) is 52.7 Å². The molecule has 0 aliphatic rings. The van der Waals surface area contributed by atoms with Crippen LogP contribution in [0, 0.1) is 0 Å². The van der Waals surface area contributed by atoms with Gasteiger partial charge in [-0.05, 0) is 70.5 Å². The van der Waals surface area contributed by atoms with Gasteiger partial charge in [-0.3, -0.25) is 0 Å². The van der Waals surface area contributed by atoms with E-state index in [4.69, 9.17) is 10.7 Å². The van der Waals surface area contributed by atoms with Crippen LogP contribution in [-0.2, 0) is 10.8 Å². The van der Waals surface area contributed by atoms with E-state index in [0.717, 1.165) is 27.8 Å². The highest BCUT2D eigenvalue weighted by molar-refractivity contribution is 6.10. The number of anilines is 1. The third-order valence-corrected chi connectivity index (χ3v) is 7.67. The molecule has 0 amide bonds. The number of nitrogens with two attached hydrogens (primary N) is 1. The van der Waals surface area contributed by atoms with Crippen LogP contribution < -0.4 is 5.73 Å². The van der Waals surface area contributed by atoms with Crippen molar-refractivity contribution in [3.8, 4) is 16.9 Å². The molecule has 0 fully saturated rings. The fraction of sp³-hybridized carbons (Fsp3) is 0.229. The van der Waals surface area contributed by atoms with Gasteiger partial charge in [0.1, 0.15) is 0 Å². The van der Waals surface area contributed by atoms with Crippen LogP contribution in [0.15, 0.2) is 91.0 Å². The van der Waals surface area contributed by atoms with E-state index in [0.29, 0.717) is 5.69 Å².